The molecule has 2 N–H and O–H groups in total. The Labute approximate surface area is 136 Å². The Morgan fingerprint density at radius 2 is 1.92 bits per heavy atom. The highest BCUT2D eigenvalue weighted by atomic mass is 19.4. The Morgan fingerprint density at radius 3 is 2.29 bits per heavy atom. The highest BCUT2D eigenvalue weighted by molar-refractivity contribution is 5.83. The first-order chi connectivity index (χ1) is 11.0. The lowest BCUT2D eigenvalue weighted by Gasteiger charge is -2.28. The van der Waals surface area contributed by atoms with Crippen molar-refractivity contribution < 1.29 is 37.3 Å². The van der Waals surface area contributed by atoms with Crippen LogP contribution in [0.3, 0.4) is 0 Å². The second-order valence-electron chi connectivity index (χ2n) is 5.11. The van der Waals surface area contributed by atoms with E-state index in [0.29, 0.717) is 0 Å². The molecule has 4 nitrogen and oxygen atoms in total. The Hall–Kier alpha value is -2.09. The van der Waals surface area contributed by atoms with Crippen LogP contribution >= 0.6 is 0 Å². The molecule has 134 valence electrons. The lowest BCUT2D eigenvalue weighted by atomic mass is 9.88. The van der Waals surface area contributed by atoms with Gasteiger partial charge < -0.3 is 14.9 Å². The Morgan fingerprint density at radius 1 is 1.33 bits per heavy atom. The number of carboxylic acids is 1. The SMILES string of the molecule is C/C=C(/C[C@@](O)(C(=O)O)C(F)(F)F)c1ccc(F)c(CC)c1OC. The average Bonchev–Trinajstić information content (AvgIpc) is 2.50. The number of aliphatic hydroxyl groups is 1. The average molecular weight is 350 g/mol. The molecule has 0 radical (unpaired) electrons. The van der Waals surface area contributed by atoms with Gasteiger partial charge in [-0.15, -0.1) is 0 Å². The van der Waals surface area contributed by atoms with Crippen LogP contribution < -0.4 is 4.74 Å². The summed E-state index contributed by atoms with van der Waals surface area (Å²) in [7, 11) is 1.23. The summed E-state index contributed by atoms with van der Waals surface area (Å²) in [4.78, 5) is 11.0. The maximum Gasteiger partial charge on any atom is 0.428 e. The number of allylic oxidation sites excluding steroid dienone is 1. The first kappa shape index (κ1) is 20.0. The lowest BCUT2D eigenvalue weighted by Crippen LogP contribution is -2.52. The summed E-state index contributed by atoms with van der Waals surface area (Å²) in [5.41, 5.74) is -3.83. The molecule has 1 aromatic rings. The highest BCUT2D eigenvalue weighted by Gasteiger charge is 2.60. The largest absolute Gasteiger partial charge is 0.496 e. The second-order valence-corrected chi connectivity index (χ2v) is 5.11. The predicted molar refractivity (Wildman–Crippen MR) is 79.2 cm³/mol. The van der Waals surface area contributed by atoms with Crippen LogP contribution in [0.4, 0.5) is 17.6 Å². The van der Waals surface area contributed by atoms with Crippen LogP contribution in [-0.4, -0.2) is 35.1 Å². The van der Waals surface area contributed by atoms with Crippen molar-refractivity contribution >= 4 is 11.5 Å². The van der Waals surface area contributed by atoms with Gasteiger partial charge in [0.25, 0.3) is 5.60 Å². The summed E-state index contributed by atoms with van der Waals surface area (Å²) in [5.74, 6) is -2.98. The van der Waals surface area contributed by atoms with Crippen molar-refractivity contribution in [3.8, 4) is 5.75 Å². The molecule has 0 aliphatic rings. The van der Waals surface area contributed by atoms with E-state index < -0.39 is 30.0 Å². The molecule has 1 aromatic carbocycles. The summed E-state index contributed by atoms with van der Waals surface area (Å²) >= 11 is 0. The zero-order chi connectivity index (χ0) is 18.7. The van der Waals surface area contributed by atoms with E-state index in [4.69, 9.17) is 9.84 Å². The summed E-state index contributed by atoms with van der Waals surface area (Å²) < 4.78 is 57.9. The van der Waals surface area contributed by atoms with Crippen molar-refractivity contribution in [2.24, 2.45) is 0 Å². The van der Waals surface area contributed by atoms with Gasteiger partial charge in [-0.05, 0) is 31.1 Å². The molecule has 0 aliphatic heterocycles. The molecular formula is C16H18F4O4. The number of carboxylic acid groups (broad SMARTS) is 1. The number of benzene rings is 1. The van der Waals surface area contributed by atoms with Crippen molar-refractivity contribution in [1.29, 1.82) is 0 Å². The molecule has 0 aromatic heterocycles. The van der Waals surface area contributed by atoms with Crippen molar-refractivity contribution in [1.82, 2.24) is 0 Å². The van der Waals surface area contributed by atoms with Gasteiger partial charge in [-0.2, -0.15) is 13.2 Å². The third-order valence-electron chi connectivity index (χ3n) is 3.72. The first-order valence-corrected chi connectivity index (χ1v) is 7.06. The number of rotatable bonds is 6. The fraction of sp³-hybridized carbons (Fsp3) is 0.438. The maximum absolute atomic E-state index is 13.8. The van der Waals surface area contributed by atoms with E-state index in [1.165, 1.54) is 26.2 Å². The predicted octanol–water partition coefficient (Wildman–Crippen LogP) is 3.57. The standard InChI is InChI=1S/C16H18F4O4/c1-4-9(8-15(23,14(21)22)16(18,19)20)11-6-7-12(17)10(5-2)13(11)24-3/h4,6-7,23H,5,8H2,1-3H3,(H,21,22)/b9-4-/t15-/m1/s1. The topological polar surface area (TPSA) is 66.8 Å². The van der Waals surface area contributed by atoms with Crippen molar-refractivity contribution in [2.75, 3.05) is 7.11 Å². The summed E-state index contributed by atoms with van der Waals surface area (Å²) in [6.07, 6.45) is -5.15. The number of carbonyl (C=O) groups is 1. The molecular weight excluding hydrogens is 332 g/mol. The summed E-state index contributed by atoms with van der Waals surface area (Å²) in [6.45, 7) is 3.03. The minimum atomic E-state index is -5.38. The molecule has 0 amide bonds. The van der Waals surface area contributed by atoms with Gasteiger partial charge in [0, 0.05) is 17.5 Å². The van der Waals surface area contributed by atoms with E-state index in [-0.39, 0.29) is 28.9 Å². The number of halogens is 4. The quantitative estimate of drug-likeness (QED) is 0.770. The van der Waals surface area contributed by atoms with Crippen LogP contribution in [0, 0.1) is 5.82 Å². The van der Waals surface area contributed by atoms with E-state index in [9.17, 15) is 27.5 Å². The monoisotopic (exact) mass is 350 g/mol. The molecule has 0 spiro atoms. The number of alkyl halides is 3. The van der Waals surface area contributed by atoms with E-state index in [2.05, 4.69) is 0 Å². The van der Waals surface area contributed by atoms with Gasteiger partial charge in [-0.3, -0.25) is 0 Å². The van der Waals surface area contributed by atoms with Crippen LogP contribution in [0.15, 0.2) is 18.2 Å². The normalized spacial score (nSPS) is 15.1. The number of hydrogen-bond donors (Lipinski definition) is 2. The molecule has 1 atom stereocenters. The first-order valence-electron chi connectivity index (χ1n) is 7.06. The van der Waals surface area contributed by atoms with Crippen LogP contribution in [0.2, 0.25) is 0 Å². The van der Waals surface area contributed by atoms with Crippen LogP contribution in [0.1, 0.15) is 31.4 Å². The van der Waals surface area contributed by atoms with Crippen LogP contribution in [0.25, 0.3) is 5.57 Å². The molecule has 0 heterocycles. The van der Waals surface area contributed by atoms with Crippen LogP contribution in [0.5, 0.6) is 5.75 Å². The van der Waals surface area contributed by atoms with E-state index >= 15 is 0 Å². The van der Waals surface area contributed by atoms with Gasteiger partial charge in [-0.1, -0.05) is 13.0 Å². The fourth-order valence-corrected chi connectivity index (χ4v) is 2.34. The third-order valence-corrected chi connectivity index (χ3v) is 3.72. The van der Waals surface area contributed by atoms with E-state index in [0.717, 1.165) is 6.07 Å². The molecule has 24 heavy (non-hydrogen) atoms. The number of aliphatic carboxylic acids is 1. The van der Waals surface area contributed by atoms with Gasteiger partial charge in [0.15, 0.2) is 0 Å². The van der Waals surface area contributed by atoms with E-state index in [1.807, 2.05) is 0 Å². The smallest absolute Gasteiger partial charge is 0.428 e. The molecule has 0 bridgehead atoms. The minimum absolute atomic E-state index is 0.0144. The van der Waals surface area contributed by atoms with E-state index in [1.54, 1.807) is 6.92 Å². The third kappa shape index (κ3) is 3.53. The van der Waals surface area contributed by atoms with Gasteiger partial charge in [-0.25, -0.2) is 9.18 Å². The minimum Gasteiger partial charge on any atom is -0.496 e. The zero-order valence-electron chi connectivity index (χ0n) is 13.4. The molecule has 0 saturated heterocycles. The number of ether oxygens (including phenoxy) is 1. The molecule has 1 rings (SSSR count). The van der Waals surface area contributed by atoms with Gasteiger partial charge in [0.05, 0.1) is 7.11 Å². The van der Waals surface area contributed by atoms with Gasteiger partial charge in [0.2, 0.25) is 0 Å². The maximum atomic E-state index is 13.8. The fourth-order valence-electron chi connectivity index (χ4n) is 2.34. The number of methoxy groups -OCH3 is 1. The highest BCUT2D eigenvalue weighted by Crippen LogP contribution is 2.41. The zero-order valence-corrected chi connectivity index (χ0v) is 13.4. The molecule has 0 unspecified atom stereocenters. The molecule has 0 saturated carbocycles. The number of hydrogen-bond acceptors (Lipinski definition) is 3. The van der Waals surface area contributed by atoms with Crippen molar-refractivity contribution in [3.63, 3.8) is 0 Å². The lowest BCUT2D eigenvalue weighted by molar-refractivity contribution is -0.258. The second kappa shape index (κ2) is 7.21. The van der Waals surface area contributed by atoms with Crippen LogP contribution in [-0.2, 0) is 11.2 Å². The van der Waals surface area contributed by atoms with Gasteiger partial charge in [0.1, 0.15) is 11.6 Å². The van der Waals surface area contributed by atoms with Gasteiger partial charge >= 0.3 is 12.1 Å². The Balaban J connectivity index is 3.47. The summed E-state index contributed by atoms with van der Waals surface area (Å²) in [6, 6.07) is 2.26. The van der Waals surface area contributed by atoms with Crippen molar-refractivity contribution in [3.05, 3.63) is 35.2 Å². The Kier molecular flexibility index (Phi) is 5.99. The molecule has 0 fully saturated rings. The molecule has 0 aliphatic carbocycles. The molecule has 8 heteroatoms. The van der Waals surface area contributed by atoms with Crippen molar-refractivity contribution in [2.45, 2.75) is 38.5 Å². The summed E-state index contributed by atoms with van der Waals surface area (Å²) in [5, 5.41) is 18.5. The Bertz CT molecular complexity index is 652.